The van der Waals surface area contributed by atoms with Crippen LogP contribution in [0.5, 0.6) is 0 Å². The summed E-state index contributed by atoms with van der Waals surface area (Å²) in [6, 6.07) is 15.5. The molecule has 7 heteroatoms. The first-order valence-electron chi connectivity index (χ1n) is 9.69. The van der Waals surface area contributed by atoms with Crippen molar-refractivity contribution in [1.29, 1.82) is 0 Å². The van der Waals surface area contributed by atoms with Crippen LogP contribution in [0.25, 0.3) is 10.9 Å². The van der Waals surface area contributed by atoms with E-state index in [9.17, 15) is 13.2 Å². The lowest BCUT2D eigenvalue weighted by Gasteiger charge is -2.33. The third-order valence-corrected chi connectivity index (χ3v) is 7.16. The number of pyridine rings is 1. The Hall–Kier alpha value is -2.77. The number of sulfonamides is 1. The number of carbonyl (C=O) groups is 1. The molecule has 0 unspecified atom stereocenters. The molecule has 0 aliphatic carbocycles. The second kappa shape index (κ2) is 7.93. The van der Waals surface area contributed by atoms with Crippen LogP contribution < -0.4 is 5.32 Å². The van der Waals surface area contributed by atoms with Gasteiger partial charge in [0.15, 0.2) is 0 Å². The second-order valence-corrected chi connectivity index (χ2v) is 9.24. The van der Waals surface area contributed by atoms with Gasteiger partial charge in [0, 0.05) is 11.9 Å². The lowest BCUT2D eigenvalue weighted by molar-refractivity contribution is -0.120. The van der Waals surface area contributed by atoms with Crippen LogP contribution in [0, 0.1) is 6.92 Å². The largest absolute Gasteiger partial charge is 0.323 e. The molecular weight excluding hydrogens is 386 g/mol. The Labute approximate surface area is 170 Å². The van der Waals surface area contributed by atoms with Crippen LogP contribution in [0.15, 0.2) is 65.7 Å². The molecule has 1 amide bonds. The lowest BCUT2D eigenvalue weighted by Crippen LogP contribution is -2.49. The number of amides is 1. The monoisotopic (exact) mass is 409 g/mol. The van der Waals surface area contributed by atoms with E-state index in [2.05, 4.69) is 10.3 Å². The van der Waals surface area contributed by atoms with E-state index in [0.717, 1.165) is 29.3 Å². The number of nitrogens with one attached hydrogen (secondary N) is 1. The zero-order valence-electron chi connectivity index (χ0n) is 16.2. The van der Waals surface area contributed by atoms with Crippen molar-refractivity contribution in [3.8, 4) is 0 Å². The highest BCUT2D eigenvalue weighted by Gasteiger charge is 2.37. The molecule has 3 aromatic rings. The Morgan fingerprint density at radius 1 is 1.10 bits per heavy atom. The number of fused-ring (bicyclic) bond motifs is 1. The minimum absolute atomic E-state index is 0.218. The van der Waals surface area contributed by atoms with Crippen molar-refractivity contribution in [2.75, 3.05) is 11.9 Å². The molecule has 0 saturated carbocycles. The average Bonchev–Trinajstić information content (AvgIpc) is 2.74. The molecule has 4 rings (SSSR count). The van der Waals surface area contributed by atoms with Crippen LogP contribution in [-0.2, 0) is 14.8 Å². The summed E-state index contributed by atoms with van der Waals surface area (Å²) in [5.41, 5.74) is 2.39. The topological polar surface area (TPSA) is 79.4 Å². The summed E-state index contributed by atoms with van der Waals surface area (Å²) in [4.78, 5) is 17.6. The van der Waals surface area contributed by atoms with Crippen LogP contribution in [0.1, 0.15) is 24.8 Å². The predicted octanol–water partition coefficient (Wildman–Crippen LogP) is 3.73. The first-order chi connectivity index (χ1) is 13.9. The third kappa shape index (κ3) is 4.02. The Bertz CT molecular complexity index is 1140. The predicted molar refractivity (Wildman–Crippen MR) is 113 cm³/mol. The number of carbonyl (C=O) groups excluding carboxylic acids is 1. The third-order valence-electron chi connectivity index (χ3n) is 5.24. The van der Waals surface area contributed by atoms with Crippen LogP contribution in [-0.4, -0.2) is 36.2 Å². The van der Waals surface area contributed by atoms with Gasteiger partial charge in [0.1, 0.15) is 6.04 Å². The van der Waals surface area contributed by atoms with Crippen LogP contribution in [0.4, 0.5) is 5.69 Å². The van der Waals surface area contributed by atoms with Crippen molar-refractivity contribution < 1.29 is 13.2 Å². The van der Waals surface area contributed by atoms with Crippen LogP contribution in [0.2, 0.25) is 0 Å². The van der Waals surface area contributed by atoms with Crippen molar-refractivity contribution in [3.63, 3.8) is 0 Å². The number of nitrogens with zero attached hydrogens (tertiary/aromatic N) is 2. The summed E-state index contributed by atoms with van der Waals surface area (Å²) in [7, 11) is -3.74. The molecule has 2 aromatic carbocycles. The fourth-order valence-corrected chi connectivity index (χ4v) is 5.32. The van der Waals surface area contributed by atoms with Crippen molar-refractivity contribution >= 4 is 32.5 Å². The van der Waals surface area contributed by atoms with Gasteiger partial charge in [-0.3, -0.25) is 9.78 Å². The quantitative estimate of drug-likeness (QED) is 0.712. The number of hydrogen-bond donors (Lipinski definition) is 1. The number of aryl methyl sites for hydroxylation is 1. The van der Waals surface area contributed by atoms with E-state index < -0.39 is 16.1 Å². The molecule has 29 heavy (non-hydrogen) atoms. The summed E-state index contributed by atoms with van der Waals surface area (Å²) in [6.07, 6.45) is 3.65. The van der Waals surface area contributed by atoms with Gasteiger partial charge in [0.05, 0.1) is 22.3 Å². The molecule has 1 aliphatic heterocycles. The number of aromatic nitrogens is 1. The molecule has 1 N–H and O–H groups in total. The first kappa shape index (κ1) is 19.5. The van der Waals surface area contributed by atoms with Gasteiger partial charge in [-0.2, -0.15) is 4.31 Å². The number of piperidine rings is 1. The van der Waals surface area contributed by atoms with Crippen LogP contribution in [0.3, 0.4) is 0 Å². The summed E-state index contributed by atoms with van der Waals surface area (Å²) in [5, 5.41) is 3.77. The van der Waals surface area contributed by atoms with Gasteiger partial charge >= 0.3 is 0 Å². The van der Waals surface area contributed by atoms with E-state index in [1.807, 2.05) is 37.3 Å². The first-order valence-corrected chi connectivity index (χ1v) is 11.1. The maximum absolute atomic E-state index is 13.2. The van der Waals surface area contributed by atoms with Crippen molar-refractivity contribution in [2.24, 2.45) is 0 Å². The minimum Gasteiger partial charge on any atom is -0.323 e. The fourth-order valence-electron chi connectivity index (χ4n) is 3.67. The van der Waals surface area contributed by atoms with Crippen molar-refractivity contribution in [2.45, 2.75) is 37.1 Å². The molecule has 2 heterocycles. The summed E-state index contributed by atoms with van der Waals surface area (Å²) < 4.78 is 27.7. The van der Waals surface area contributed by atoms with Crippen LogP contribution >= 0.6 is 0 Å². The zero-order chi connectivity index (χ0) is 20.4. The molecular formula is C22H23N3O3S. The Kier molecular flexibility index (Phi) is 5.34. The van der Waals surface area contributed by atoms with Crippen molar-refractivity contribution in [1.82, 2.24) is 9.29 Å². The number of para-hydroxylation sites is 1. The van der Waals surface area contributed by atoms with E-state index >= 15 is 0 Å². The van der Waals surface area contributed by atoms with Gasteiger partial charge in [-0.15, -0.1) is 0 Å². The molecule has 1 saturated heterocycles. The van der Waals surface area contributed by atoms with E-state index in [0.29, 0.717) is 18.7 Å². The Morgan fingerprint density at radius 3 is 2.66 bits per heavy atom. The number of hydrogen-bond acceptors (Lipinski definition) is 4. The van der Waals surface area contributed by atoms with Gasteiger partial charge in [0.25, 0.3) is 0 Å². The summed E-state index contributed by atoms with van der Waals surface area (Å²) >= 11 is 0. The molecule has 1 atom stereocenters. The lowest BCUT2D eigenvalue weighted by atomic mass is 10.0. The van der Waals surface area contributed by atoms with E-state index in [1.165, 1.54) is 4.31 Å². The SMILES string of the molecule is Cc1ccc(S(=O)(=O)N2CCCC[C@H]2C(=O)Nc2cnc3ccccc3c2)cc1. The van der Waals surface area contributed by atoms with Gasteiger partial charge in [-0.25, -0.2) is 8.42 Å². The normalized spacial score (nSPS) is 17.9. The smallest absolute Gasteiger partial charge is 0.243 e. The van der Waals surface area contributed by atoms with E-state index in [1.54, 1.807) is 30.5 Å². The molecule has 1 aromatic heterocycles. The molecule has 1 fully saturated rings. The molecule has 0 bridgehead atoms. The van der Waals surface area contributed by atoms with Gasteiger partial charge in [-0.1, -0.05) is 42.3 Å². The van der Waals surface area contributed by atoms with Crippen molar-refractivity contribution in [3.05, 3.63) is 66.4 Å². The molecule has 150 valence electrons. The highest BCUT2D eigenvalue weighted by Crippen LogP contribution is 2.27. The maximum atomic E-state index is 13.2. The minimum atomic E-state index is -3.74. The average molecular weight is 410 g/mol. The maximum Gasteiger partial charge on any atom is 0.243 e. The van der Waals surface area contributed by atoms with Gasteiger partial charge < -0.3 is 5.32 Å². The summed E-state index contributed by atoms with van der Waals surface area (Å²) in [5.74, 6) is -0.322. The molecule has 1 aliphatic rings. The van der Waals surface area contributed by atoms with Gasteiger partial charge in [0.2, 0.25) is 15.9 Å². The van der Waals surface area contributed by atoms with E-state index in [4.69, 9.17) is 0 Å². The molecule has 0 spiro atoms. The van der Waals surface area contributed by atoms with Gasteiger partial charge in [-0.05, 0) is 44.0 Å². The highest BCUT2D eigenvalue weighted by atomic mass is 32.2. The number of rotatable bonds is 4. The molecule has 6 nitrogen and oxygen atoms in total. The zero-order valence-corrected chi connectivity index (χ0v) is 17.0. The Balaban J connectivity index is 1.59. The fraction of sp³-hybridized carbons (Fsp3) is 0.273. The standard InChI is InChI=1S/C22H23N3O3S/c1-16-9-11-19(12-10-16)29(27,28)25-13-5-4-8-21(25)22(26)24-18-14-17-6-2-3-7-20(17)23-15-18/h2-3,6-7,9-12,14-15,21H,4-5,8,13H2,1H3,(H,24,26)/t21-/m0/s1. The number of anilines is 1. The summed E-state index contributed by atoms with van der Waals surface area (Å²) in [6.45, 7) is 2.25. The second-order valence-electron chi connectivity index (χ2n) is 7.35. The van der Waals surface area contributed by atoms with E-state index in [-0.39, 0.29) is 10.8 Å². The number of benzene rings is 2. The highest BCUT2D eigenvalue weighted by molar-refractivity contribution is 7.89. The molecule has 0 radical (unpaired) electrons. The Morgan fingerprint density at radius 2 is 1.86 bits per heavy atom.